The maximum atomic E-state index is 12.8. The molecule has 0 bridgehead atoms. The van der Waals surface area contributed by atoms with Crippen LogP contribution in [0.2, 0.25) is 0 Å². The Balaban J connectivity index is 2.24. The fraction of sp³-hybridized carbons (Fsp3) is 0.571. The number of nitrogens with zero attached hydrogens (tertiary/aromatic N) is 1. The largest absolute Gasteiger partial charge is 0.433 e. The molecule has 3 nitrogen and oxygen atoms in total. The molecular formula is C14H18F3N3S. The number of nitrogens with one attached hydrogen (secondary N) is 1. The number of anilines is 1. The lowest BCUT2D eigenvalue weighted by atomic mass is 9.87. The number of pyridine rings is 1. The second-order valence-electron chi connectivity index (χ2n) is 5.56. The number of rotatable bonds is 3. The Kier molecular flexibility index (Phi) is 4.70. The molecule has 3 N–H and O–H groups in total. The maximum absolute atomic E-state index is 12.8. The molecule has 1 heterocycles. The van der Waals surface area contributed by atoms with Gasteiger partial charge in [-0.2, -0.15) is 13.2 Å². The number of aromatic nitrogens is 1. The fourth-order valence-corrected chi connectivity index (χ4v) is 2.69. The first-order chi connectivity index (χ1) is 9.77. The van der Waals surface area contributed by atoms with Crippen LogP contribution in [0, 0.1) is 5.92 Å². The van der Waals surface area contributed by atoms with Gasteiger partial charge >= 0.3 is 6.18 Å². The van der Waals surface area contributed by atoms with E-state index >= 15 is 0 Å². The third-order valence-corrected chi connectivity index (χ3v) is 4.03. The Hall–Kier alpha value is -1.37. The summed E-state index contributed by atoms with van der Waals surface area (Å²) in [7, 11) is 0. The average molecular weight is 317 g/mol. The fourth-order valence-electron chi connectivity index (χ4n) is 2.52. The molecular weight excluding hydrogens is 299 g/mol. The van der Waals surface area contributed by atoms with Crippen molar-refractivity contribution >= 4 is 23.0 Å². The molecule has 1 aliphatic rings. The lowest BCUT2D eigenvalue weighted by Gasteiger charge is -2.28. The zero-order chi connectivity index (χ0) is 15.6. The van der Waals surface area contributed by atoms with E-state index in [0.717, 1.165) is 31.7 Å². The highest BCUT2D eigenvalue weighted by molar-refractivity contribution is 7.80. The zero-order valence-electron chi connectivity index (χ0n) is 11.7. The number of thiocarbonyl (C=S) groups is 1. The SMILES string of the molecule is CC1CCC(Nc2nc(C(F)(F)F)ccc2C(N)=S)CC1. The van der Waals surface area contributed by atoms with Gasteiger partial charge in [0.05, 0.1) is 5.56 Å². The van der Waals surface area contributed by atoms with E-state index in [9.17, 15) is 13.2 Å². The Morgan fingerprint density at radius 3 is 2.43 bits per heavy atom. The minimum atomic E-state index is -4.48. The standard InChI is InChI=1S/C14H18F3N3S/c1-8-2-4-9(5-3-8)19-13-10(12(18)21)6-7-11(20-13)14(15,16)17/h6-9H,2-5H2,1H3,(H2,18,21)(H,19,20). The highest BCUT2D eigenvalue weighted by Crippen LogP contribution is 2.31. The molecule has 0 aromatic carbocycles. The van der Waals surface area contributed by atoms with Crippen molar-refractivity contribution in [1.29, 1.82) is 0 Å². The first-order valence-corrected chi connectivity index (χ1v) is 7.32. The van der Waals surface area contributed by atoms with Gasteiger partial charge in [-0.05, 0) is 43.7 Å². The van der Waals surface area contributed by atoms with Gasteiger partial charge in [0.25, 0.3) is 0 Å². The van der Waals surface area contributed by atoms with Gasteiger partial charge in [-0.3, -0.25) is 0 Å². The molecule has 0 radical (unpaired) electrons. The second kappa shape index (κ2) is 6.17. The molecule has 1 aromatic rings. The molecule has 0 spiro atoms. The summed E-state index contributed by atoms with van der Waals surface area (Å²) in [5.74, 6) is 0.796. The highest BCUT2D eigenvalue weighted by atomic mass is 32.1. The highest BCUT2D eigenvalue weighted by Gasteiger charge is 2.33. The molecule has 1 saturated carbocycles. The quantitative estimate of drug-likeness (QED) is 0.834. The van der Waals surface area contributed by atoms with Crippen molar-refractivity contribution < 1.29 is 13.2 Å². The summed E-state index contributed by atoms with van der Waals surface area (Å²) in [6, 6.07) is 2.31. The molecule has 2 rings (SSSR count). The summed E-state index contributed by atoms with van der Waals surface area (Å²) in [6.07, 6.45) is -0.546. The van der Waals surface area contributed by atoms with Crippen molar-refractivity contribution in [2.75, 3.05) is 5.32 Å². The van der Waals surface area contributed by atoms with Gasteiger partial charge in [-0.1, -0.05) is 19.1 Å². The topological polar surface area (TPSA) is 50.9 Å². The molecule has 0 unspecified atom stereocenters. The van der Waals surface area contributed by atoms with Crippen molar-refractivity contribution in [3.05, 3.63) is 23.4 Å². The van der Waals surface area contributed by atoms with Gasteiger partial charge in [-0.15, -0.1) is 0 Å². The zero-order valence-corrected chi connectivity index (χ0v) is 12.5. The molecule has 1 aliphatic carbocycles. The van der Waals surface area contributed by atoms with Crippen LogP contribution >= 0.6 is 12.2 Å². The molecule has 0 amide bonds. The van der Waals surface area contributed by atoms with Crippen LogP contribution in [0.3, 0.4) is 0 Å². The Labute approximate surface area is 127 Å². The summed E-state index contributed by atoms with van der Waals surface area (Å²) >= 11 is 4.89. The van der Waals surface area contributed by atoms with Crippen LogP contribution in [-0.2, 0) is 6.18 Å². The first kappa shape index (κ1) is 16.0. The number of nitrogens with two attached hydrogens (primary N) is 1. The van der Waals surface area contributed by atoms with Crippen molar-refractivity contribution in [2.45, 2.75) is 44.8 Å². The van der Waals surface area contributed by atoms with E-state index in [0.29, 0.717) is 11.5 Å². The van der Waals surface area contributed by atoms with Gasteiger partial charge in [0.2, 0.25) is 0 Å². The van der Waals surface area contributed by atoms with Gasteiger partial charge in [0.15, 0.2) is 0 Å². The summed E-state index contributed by atoms with van der Waals surface area (Å²) < 4.78 is 38.3. The van der Waals surface area contributed by atoms with Crippen LogP contribution < -0.4 is 11.1 Å². The van der Waals surface area contributed by atoms with Crippen molar-refractivity contribution in [3.8, 4) is 0 Å². The minimum absolute atomic E-state index is 0.0444. The maximum Gasteiger partial charge on any atom is 0.433 e. The van der Waals surface area contributed by atoms with Crippen LogP contribution in [0.5, 0.6) is 0 Å². The van der Waals surface area contributed by atoms with E-state index in [1.807, 2.05) is 0 Å². The molecule has 0 aliphatic heterocycles. The van der Waals surface area contributed by atoms with E-state index in [1.54, 1.807) is 0 Å². The lowest BCUT2D eigenvalue weighted by molar-refractivity contribution is -0.141. The first-order valence-electron chi connectivity index (χ1n) is 6.92. The van der Waals surface area contributed by atoms with Gasteiger partial charge < -0.3 is 11.1 Å². The Morgan fingerprint density at radius 1 is 1.29 bits per heavy atom. The lowest BCUT2D eigenvalue weighted by Crippen LogP contribution is -2.28. The minimum Gasteiger partial charge on any atom is -0.389 e. The molecule has 21 heavy (non-hydrogen) atoms. The summed E-state index contributed by atoms with van der Waals surface area (Å²) in [6.45, 7) is 2.18. The van der Waals surface area contributed by atoms with Crippen LogP contribution in [0.4, 0.5) is 19.0 Å². The third kappa shape index (κ3) is 4.06. The number of halogens is 3. The Bertz CT molecular complexity index is 523. The average Bonchev–Trinajstić information content (AvgIpc) is 2.40. The molecule has 0 saturated heterocycles. The predicted octanol–water partition coefficient (Wildman–Crippen LogP) is 3.73. The van der Waals surface area contributed by atoms with Crippen LogP contribution in [0.25, 0.3) is 0 Å². The van der Waals surface area contributed by atoms with E-state index < -0.39 is 11.9 Å². The normalized spacial score (nSPS) is 22.9. The van der Waals surface area contributed by atoms with Gasteiger partial charge in [-0.25, -0.2) is 4.98 Å². The van der Waals surface area contributed by atoms with Gasteiger partial charge in [0, 0.05) is 6.04 Å². The van der Waals surface area contributed by atoms with Crippen molar-refractivity contribution in [3.63, 3.8) is 0 Å². The second-order valence-corrected chi connectivity index (χ2v) is 6.00. The van der Waals surface area contributed by atoms with Crippen LogP contribution in [-0.4, -0.2) is 16.0 Å². The number of hydrogen-bond acceptors (Lipinski definition) is 3. The van der Waals surface area contributed by atoms with E-state index in [-0.39, 0.29) is 16.8 Å². The molecule has 1 aromatic heterocycles. The molecule has 0 atom stereocenters. The van der Waals surface area contributed by atoms with Crippen molar-refractivity contribution in [2.24, 2.45) is 11.7 Å². The van der Waals surface area contributed by atoms with E-state index in [4.69, 9.17) is 18.0 Å². The third-order valence-electron chi connectivity index (χ3n) is 3.81. The van der Waals surface area contributed by atoms with E-state index in [1.165, 1.54) is 6.07 Å². The van der Waals surface area contributed by atoms with Crippen LogP contribution in [0.1, 0.15) is 43.9 Å². The molecule has 7 heteroatoms. The monoisotopic (exact) mass is 317 g/mol. The molecule has 1 fully saturated rings. The smallest absolute Gasteiger partial charge is 0.389 e. The summed E-state index contributed by atoms with van der Waals surface area (Å²) in [4.78, 5) is 3.72. The van der Waals surface area contributed by atoms with E-state index in [2.05, 4.69) is 17.2 Å². The van der Waals surface area contributed by atoms with Crippen molar-refractivity contribution in [1.82, 2.24) is 4.98 Å². The van der Waals surface area contributed by atoms with Gasteiger partial charge in [0.1, 0.15) is 16.5 Å². The number of hydrogen-bond donors (Lipinski definition) is 2. The predicted molar refractivity (Wildman–Crippen MR) is 80.2 cm³/mol. The van der Waals surface area contributed by atoms with Crippen LogP contribution in [0.15, 0.2) is 12.1 Å². The molecule has 116 valence electrons. The summed E-state index contributed by atoms with van der Waals surface area (Å²) in [5, 5.41) is 3.09. The number of alkyl halides is 3. The Morgan fingerprint density at radius 2 is 1.90 bits per heavy atom. The summed E-state index contributed by atoms with van der Waals surface area (Å²) in [5.41, 5.74) is 4.99.